The largest absolute Gasteiger partial charge is 0.484 e. The van der Waals surface area contributed by atoms with Crippen LogP contribution in [-0.2, 0) is 16.0 Å². The van der Waals surface area contributed by atoms with Crippen molar-refractivity contribution < 1.29 is 19.1 Å². The van der Waals surface area contributed by atoms with Crippen LogP contribution in [0.5, 0.6) is 5.75 Å². The van der Waals surface area contributed by atoms with E-state index in [-0.39, 0.29) is 25.0 Å². The van der Waals surface area contributed by atoms with Crippen molar-refractivity contribution in [3.05, 3.63) is 59.7 Å². The number of nitrogens with one attached hydrogen (secondary N) is 1. The fourth-order valence-electron chi connectivity index (χ4n) is 2.41. The van der Waals surface area contributed by atoms with Crippen molar-refractivity contribution >= 4 is 23.4 Å². The molecule has 0 aliphatic heterocycles. The van der Waals surface area contributed by atoms with Crippen molar-refractivity contribution in [3.8, 4) is 5.75 Å². The van der Waals surface area contributed by atoms with E-state index in [1.807, 2.05) is 31.2 Å². The second kappa shape index (κ2) is 9.38. The van der Waals surface area contributed by atoms with Gasteiger partial charge in [0.05, 0.1) is 6.54 Å². The van der Waals surface area contributed by atoms with E-state index in [1.165, 1.54) is 24.1 Å². The highest BCUT2D eigenvalue weighted by Gasteiger charge is 2.14. The molecular formula is C20H23N3O4. The minimum Gasteiger partial charge on any atom is -0.484 e. The van der Waals surface area contributed by atoms with E-state index in [0.29, 0.717) is 11.3 Å². The molecule has 3 N–H and O–H groups in total. The zero-order valence-corrected chi connectivity index (χ0v) is 15.4. The molecule has 0 spiro atoms. The van der Waals surface area contributed by atoms with Gasteiger partial charge in [-0.05, 0) is 42.3 Å². The summed E-state index contributed by atoms with van der Waals surface area (Å²) < 4.78 is 5.38. The van der Waals surface area contributed by atoms with Crippen LogP contribution in [0.1, 0.15) is 22.8 Å². The summed E-state index contributed by atoms with van der Waals surface area (Å²) in [6.45, 7) is 1.71. The highest BCUT2D eigenvalue weighted by molar-refractivity contribution is 5.95. The number of hydrogen-bond acceptors (Lipinski definition) is 4. The van der Waals surface area contributed by atoms with Crippen molar-refractivity contribution in [1.82, 2.24) is 4.90 Å². The van der Waals surface area contributed by atoms with Crippen LogP contribution in [0.3, 0.4) is 0 Å². The Hall–Kier alpha value is -3.35. The number of para-hydroxylation sites is 1. The molecule has 0 saturated heterocycles. The summed E-state index contributed by atoms with van der Waals surface area (Å²) in [7, 11) is 1.53. The van der Waals surface area contributed by atoms with Gasteiger partial charge in [0.1, 0.15) is 5.75 Å². The summed E-state index contributed by atoms with van der Waals surface area (Å²) in [6, 6.07) is 13.7. The van der Waals surface area contributed by atoms with Gasteiger partial charge in [-0.2, -0.15) is 0 Å². The molecule has 0 saturated carbocycles. The Labute approximate surface area is 158 Å². The highest BCUT2D eigenvalue weighted by Crippen LogP contribution is 2.15. The maximum atomic E-state index is 12.2. The monoisotopic (exact) mass is 369 g/mol. The van der Waals surface area contributed by atoms with E-state index in [0.717, 1.165) is 17.7 Å². The molecule has 142 valence electrons. The Kier molecular flexibility index (Phi) is 6.93. The molecular weight excluding hydrogens is 346 g/mol. The molecule has 0 atom stereocenters. The summed E-state index contributed by atoms with van der Waals surface area (Å²) >= 11 is 0. The molecule has 0 aromatic heterocycles. The van der Waals surface area contributed by atoms with Crippen LogP contribution >= 0.6 is 0 Å². The predicted molar refractivity (Wildman–Crippen MR) is 103 cm³/mol. The summed E-state index contributed by atoms with van der Waals surface area (Å²) in [5.41, 5.74) is 7.30. The fourth-order valence-corrected chi connectivity index (χ4v) is 2.41. The smallest absolute Gasteiger partial charge is 0.260 e. The number of benzene rings is 2. The summed E-state index contributed by atoms with van der Waals surface area (Å²) in [5.74, 6) is -0.721. The first-order valence-electron chi connectivity index (χ1n) is 8.55. The van der Waals surface area contributed by atoms with Crippen molar-refractivity contribution in [2.24, 2.45) is 5.73 Å². The minimum absolute atomic E-state index is 0.0825. The van der Waals surface area contributed by atoms with Gasteiger partial charge in [0.15, 0.2) is 6.61 Å². The third-order valence-electron chi connectivity index (χ3n) is 3.98. The molecule has 0 heterocycles. The van der Waals surface area contributed by atoms with Crippen molar-refractivity contribution in [3.63, 3.8) is 0 Å². The standard InChI is InChI=1S/C20H23N3O4/c1-3-14-6-4-5-7-17(14)22-18(24)12-23(2)19(25)13-27-16-10-8-15(9-11-16)20(21)26/h4-11H,3,12-13H2,1-2H3,(H2,21,26)(H,22,24). The molecule has 2 rings (SSSR count). The van der Waals surface area contributed by atoms with Gasteiger partial charge in [0, 0.05) is 18.3 Å². The van der Waals surface area contributed by atoms with Gasteiger partial charge >= 0.3 is 0 Å². The molecule has 0 aliphatic rings. The number of aryl methyl sites for hydroxylation is 1. The average Bonchev–Trinajstić information content (AvgIpc) is 2.66. The Morgan fingerprint density at radius 2 is 1.74 bits per heavy atom. The van der Waals surface area contributed by atoms with Crippen LogP contribution in [-0.4, -0.2) is 42.8 Å². The quantitative estimate of drug-likeness (QED) is 0.741. The van der Waals surface area contributed by atoms with Crippen LogP contribution in [0, 0.1) is 0 Å². The first kappa shape index (κ1) is 20.0. The zero-order chi connectivity index (χ0) is 19.8. The number of ether oxygens (including phenoxy) is 1. The van der Waals surface area contributed by atoms with Crippen LogP contribution in [0.25, 0.3) is 0 Å². The van der Waals surface area contributed by atoms with Crippen LogP contribution in [0.15, 0.2) is 48.5 Å². The molecule has 27 heavy (non-hydrogen) atoms. The number of primary amides is 1. The van der Waals surface area contributed by atoms with Gasteiger partial charge in [0.25, 0.3) is 5.91 Å². The Morgan fingerprint density at radius 1 is 1.07 bits per heavy atom. The van der Waals surface area contributed by atoms with E-state index in [2.05, 4.69) is 5.32 Å². The maximum Gasteiger partial charge on any atom is 0.260 e. The molecule has 0 bridgehead atoms. The number of hydrogen-bond donors (Lipinski definition) is 2. The lowest BCUT2D eigenvalue weighted by Gasteiger charge is -2.18. The fraction of sp³-hybridized carbons (Fsp3) is 0.250. The van der Waals surface area contributed by atoms with E-state index in [9.17, 15) is 14.4 Å². The molecule has 0 radical (unpaired) electrons. The third-order valence-corrected chi connectivity index (χ3v) is 3.98. The molecule has 0 aliphatic carbocycles. The maximum absolute atomic E-state index is 12.2. The van der Waals surface area contributed by atoms with Crippen LogP contribution < -0.4 is 15.8 Å². The SMILES string of the molecule is CCc1ccccc1NC(=O)CN(C)C(=O)COc1ccc(C(N)=O)cc1. The first-order chi connectivity index (χ1) is 12.9. The van der Waals surface area contributed by atoms with E-state index in [1.54, 1.807) is 12.1 Å². The summed E-state index contributed by atoms with van der Waals surface area (Å²) in [4.78, 5) is 36.6. The Bertz CT molecular complexity index is 818. The topological polar surface area (TPSA) is 102 Å². The summed E-state index contributed by atoms with van der Waals surface area (Å²) in [5, 5.41) is 2.82. The average molecular weight is 369 g/mol. The second-order valence-corrected chi connectivity index (χ2v) is 5.99. The van der Waals surface area contributed by atoms with Crippen LogP contribution in [0.4, 0.5) is 5.69 Å². The predicted octanol–water partition coefficient (Wildman–Crippen LogP) is 1.82. The number of rotatable bonds is 8. The minimum atomic E-state index is -0.534. The lowest BCUT2D eigenvalue weighted by molar-refractivity contribution is -0.135. The number of nitrogens with zero attached hydrogens (tertiary/aromatic N) is 1. The number of anilines is 1. The third kappa shape index (κ3) is 5.85. The number of likely N-dealkylation sites (N-methyl/N-ethyl adjacent to an activating group) is 1. The number of carbonyl (C=O) groups is 3. The molecule has 0 fully saturated rings. The first-order valence-corrected chi connectivity index (χ1v) is 8.55. The van der Waals surface area contributed by atoms with Gasteiger partial charge in [0.2, 0.25) is 11.8 Å². The van der Waals surface area contributed by atoms with Gasteiger partial charge in [-0.15, -0.1) is 0 Å². The Balaban J connectivity index is 1.84. The van der Waals surface area contributed by atoms with E-state index >= 15 is 0 Å². The highest BCUT2D eigenvalue weighted by atomic mass is 16.5. The van der Waals surface area contributed by atoms with E-state index < -0.39 is 5.91 Å². The van der Waals surface area contributed by atoms with Crippen molar-refractivity contribution in [1.29, 1.82) is 0 Å². The lowest BCUT2D eigenvalue weighted by atomic mass is 10.1. The van der Waals surface area contributed by atoms with E-state index in [4.69, 9.17) is 10.5 Å². The van der Waals surface area contributed by atoms with Crippen LogP contribution in [0.2, 0.25) is 0 Å². The van der Waals surface area contributed by atoms with Gasteiger partial charge in [-0.3, -0.25) is 14.4 Å². The van der Waals surface area contributed by atoms with Gasteiger partial charge in [-0.25, -0.2) is 0 Å². The number of carbonyl (C=O) groups excluding carboxylic acids is 3. The van der Waals surface area contributed by atoms with Crippen molar-refractivity contribution in [2.75, 3.05) is 25.5 Å². The number of nitrogens with two attached hydrogens (primary N) is 1. The molecule has 2 aromatic rings. The molecule has 2 aromatic carbocycles. The lowest BCUT2D eigenvalue weighted by Crippen LogP contribution is -2.37. The second-order valence-electron chi connectivity index (χ2n) is 5.99. The normalized spacial score (nSPS) is 10.1. The Morgan fingerprint density at radius 3 is 2.37 bits per heavy atom. The molecule has 3 amide bonds. The molecule has 0 unspecified atom stereocenters. The van der Waals surface area contributed by atoms with Gasteiger partial charge in [-0.1, -0.05) is 25.1 Å². The van der Waals surface area contributed by atoms with Crippen molar-refractivity contribution in [2.45, 2.75) is 13.3 Å². The molecule has 7 nitrogen and oxygen atoms in total. The molecule has 7 heteroatoms. The number of amides is 3. The summed E-state index contributed by atoms with van der Waals surface area (Å²) in [6.07, 6.45) is 0.799. The zero-order valence-electron chi connectivity index (χ0n) is 15.4. The van der Waals surface area contributed by atoms with Gasteiger partial charge < -0.3 is 20.7 Å².